The summed E-state index contributed by atoms with van der Waals surface area (Å²) < 4.78 is 34.0. The van der Waals surface area contributed by atoms with Crippen LogP contribution in [0.15, 0.2) is 120 Å². The number of carbonyl (C=O) groups excluding carboxylic acids is 2. The number of amides is 1. The van der Waals surface area contributed by atoms with E-state index in [1.807, 2.05) is 6.92 Å². The van der Waals surface area contributed by atoms with Gasteiger partial charge in [-0.2, -0.15) is 0 Å². The van der Waals surface area contributed by atoms with Crippen LogP contribution in [-0.2, 0) is 14.8 Å². The van der Waals surface area contributed by atoms with Gasteiger partial charge < -0.3 is 4.74 Å². The third-order valence-electron chi connectivity index (χ3n) is 5.67. The molecule has 0 radical (unpaired) electrons. The molecule has 7 heteroatoms. The van der Waals surface area contributed by atoms with Crippen molar-refractivity contribution in [3.8, 4) is 11.8 Å². The zero-order valence-electron chi connectivity index (χ0n) is 20.7. The Morgan fingerprint density at radius 1 is 0.763 bits per heavy atom. The molecule has 4 rings (SSSR count). The summed E-state index contributed by atoms with van der Waals surface area (Å²) in [5.74, 6) is 4.35. The molecule has 0 saturated heterocycles. The molecule has 0 spiro atoms. The molecule has 0 saturated carbocycles. The average Bonchev–Trinajstić information content (AvgIpc) is 2.95. The lowest BCUT2D eigenvalue weighted by molar-refractivity contribution is 0.0555. The molecule has 0 aliphatic rings. The van der Waals surface area contributed by atoms with Crippen LogP contribution in [0.1, 0.15) is 37.9 Å². The number of aryl methyl sites for hydroxylation is 1. The van der Waals surface area contributed by atoms with Crippen molar-refractivity contribution in [1.82, 2.24) is 4.31 Å². The normalized spacial score (nSPS) is 11.5. The third-order valence-corrected chi connectivity index (χ3v) is 7.43. The van der Waals surface area contributed by atoms with Gasteiger partial charge in [0.05, 0.1) is 10.5 Å². The molecule has 4 aromatic carbocycles. The molecule has 0 fully saturated rings. The van der Waals surface area contributed by atoms with Gasteiger partial charge in [0.2, 0.25) is 0 Å². The van der Waals surface area contributed by atoms with E-state index < -0.39 is 27.9 Å². The van der Waals surface area contributed by atoms with Crippen molar-refractivity contribution in [2.75, 3.05) is 6.61 Å². The molecule has 0 heterocycles. The van der Waals surface area contributed by atoms with Crippen LogP contribution in [0, 0.1) is 18.8 Å². The highest BCUT2D eigenvalue weighted by atomic mass is 32.2. The second-order valence-electron chi connectivity index (χ2n) is 8.36. The first-order valence-electron chi connectivity index (χ1n) is 11.8. The third kappa shape index (κ3) is 6.17. The fourth-order valence-corrected chi connectivity index (χ4v) is 5.19. The second-order valence-corrected chi connectivity index (χ2v) is 10.2. The van der Waals surface area contributed by atoms with Crippen LogP contribution < -0.4 is 0 Å². The van der Waals surface area contributed by atoms with Gasteiger partial charge in [-0.3, -0.25) is 4.79 Å². The number of sulfonamides is 1. The minimum Gasteiger partial charge on any atom is -0.449 e. The number of nitrogens with zero attached hydrogens (tertiary/aromatic N) is 1. The zero-order chi connectivity index (χ0) is 27.0. The van der Waals surface area contributed by atoms with Crippen molar-refractivity contribution in [1.29, 1.82) is 0 Å². The molecule has 38 heavy (non-hydrogen) atoms. The van der Waals surface area contributed by atoms with Gasteiger partial charge in [0.1, 0.15) is 6.04 Å². The number of hydrogen-bond donors (Lipinski definition) is 0. The monoisotopic (exact) mass is 523 g/mol. The Labute approximate surface area is 222 Å². The largest absolute Gasteiger partial charge is 0.449 e. The van der Waals surface area contributed by atoms with E-state index in [2.05, 4.69) is 11.8 Å². The molecule has 190 valence electrons. The van der Waals surface area contributed by atoms with Crippen LogP contribution in [0.5, 0.6) is 0 Å². The lowest BCUT2D eigenvalue weighted by Crippen LogP contribution is -2.39. The second kappa shape index (κ2) is 12.0. The van der Waals surface area contributed by atoms with Gasteiger partial charge in [0.25, 0.3) is 15.9 Å². The van der Waals surface area contributed by atoms with E-state index in [1.165, 1.54) is 12.1 Å². The first-order valence-corrected chi connectivity index (χ1v) is 13.3. The van der Waals surface area contributed by atoms with Crippen molar-refractivity contribution < 1.29 is 22.7 Å². The number of rotatable bonds is 7. The van der Waals surface area contributed by atoms with Gasteiger partial charge in [-0.1, -0.05) is 96.3 Å². The van der Waals surface area contributed by atoms with E-state index in [9.17, 15) is 18.0 Å². The van der Waals surface area contributed by atoms with E-state index in [4.69, 9.17) is 4.74 Å². The number of esters is 1. The van der Waals surface area contributed by atoms with E-state index in [1.54, 1.807) is 103 Å². The van der Waals surface area contributed by atoms with Crippen molar-refractivity contribution in [2.24, 2.45) is 0 Å². The van der Waals surface area contributed by atoms with E-state index in [-0.39, 0.29) is 17.1 Å². The quantitative estimate of drug-likeness (QED) is 0.238. The van der Waals surface area contributed by atoms with E-state index in [0.29, 0.717) is 11.1 Å². The van der Waals surface area contributed by atoms with Gasteiger partial charge in [0, 0.05) is 5.56 Å². The molecule has 0 aliphatic carbocycles. The molecular formula is C31H25NO5S. The maximum Gasteiger partial charge on any atom is 0.339 e. The standard InChI is InChI=1S/C31H25NO5S/c1-24-19-21-28(22-20-24)38(35,36)32(30(33)26-14-7-3-8-15-26)29(25-12-5-2-6-13-25)18-11-23-37-31(34)27-16-9-4-10-17-27/h2-10,12-17,19-22,29H,23H2,1H3. The fourth-order valence-electron chi connectivity index (χ4n) is 3.71. The van der Waals surface area contributed by atoms with Crippen molar-refractivity contribution in [3.63, 3.8) is 0 Å². The maximum absolute atomic E-state index is 14.0. The summed E-state index contributed by atoms with van der Waals surface area (Å²) in [5, 5.41) is 0. The molecule has 0 bridgehead atoms. The van der Waals surface area contributed by atoms with Crippen LogP contribution in [0.2, 0.25) is 0 Å². The molecule has 6 nitrogen and oxygen atoms in total. The Kier molecular flexibility index (Phi) is 8.37. The number of benzene rings is 4. The Hall–Kier alpha value is -4.67. The highest BCUT2D eigenvalue weighted by Gasteiger charge is 2.36. The summed E-state index contributed by atoms with van der Waals surface area (Å²) in [6, 6.07) is 30.4. The molecule has 1 atom stereocenters. The maximum atomic E-state index is 14.0. The fraction of sp³-hybridized carbons (Fsp3) is 0.0968. The van der Waals surface area contributed by atoms with Crippen molar-refractivity contribution in [2.45, 2.75) is 17.9 Å². The summed E-state index contributed by atoms with van der Waals surface area (Å²) in [6.07, 6.45) is 0. The first-order chi connectivity index (χ1) is 18.4. The predicted octanol–water partition coefficient (Wildman–Crippen LogP) is 5.43. The Morgan fingerprint density at radius 3 is 1.87 bits per heavy atom. The smallest absolute Gasteiger partial charge is 0.339 e. The molecular weight excluding hydrogens is 498 g/mol. The topological polar surface area (TPSA) is 80.8 Å². The molecule has 4 aromatic rings. The predicted molar refractivity (Wildman–Crippen MR) is 145 cm³/mol. The lowest BCUT2D eigenvalue weighted by Gasteiger charge is -2.28. The summed E-state index contributed by atoms with van der Waals surface area (Å²) in [5.41, 5.74) is 1.94. The van der Waals surface area contributed by atoms with Gasteiger partial charge in [-0.25, -0.2) is 17.5 Å². The minimum absolute atomic E-state index is 0.0365. The van der Waals surface area contributed by atoms with Crippen LogP contribution >= 0.6 is 0 Å². The molecule has 1 unspecified atom stereocenters. The van der Waals surface area contributed by atoms with Gasteiger partial charge in [0.15, 0.2) is 6.61 Å². The molecule has 1 amide bonds. The molecule has 0 N–H and O–H groups in total. The summed E-state index contributed by atoms with van der Waals surface area (Å²) in [6.45, 7) is 1.56. The first kappa shape index (κ1) is 26.4. The minimum atomic E-state index is -4.34. The average molecular weight is 524 g/mol. The van der Waals surface area contributed by atoms with Gasteiger partial charge >= 0.3 is 5.97 Å². The summed E-state index contributed by atoms with van der Waals surface area (Å²) in [4.78, 5) is 26.0. The Bertz CT molecular complexity index is 1560. The van der Waals surface area contributed by atoms with Gasteiger partial charge in [-0.05, 0) is 48.9 Å². The van der Waals surface area contributed by atoms with Crippen LogP contribution in [0.25, 0.3) is 0 Å². The number of carbonyl (C=O) groups is 2. The summed E-state index contributed by atoms with van der Waals surface area (Å²) in [7, 11) is -4.34. The van der Waals surface area contributed by atoms with E-state index >= 15 is 0 Å². The molecule has 0 aromatic heterocycles. The van der Waals surface area contributed by atoms with Gasteiger partial charge in [-0.15, -0.1) is 0 Å². The zero-order valence-corrected chi connectivity index (χ0v) is 21.5. The highest BCUT2D eigenvalue weighted by Crippen LogP contribution is 2.30. The van der Waals surface area contributed by atoms with Crippen molar-refractivity contribution in [3.05, 3.63) is 138 Å². The SMILES string of the molecule is Cc1ccc(S(=O)(=O)N(C(=O)c2ccccc2)C(C#CCOC(=O)c2ccccc2)c2ccccc2)cc1. The molecule has 0 aliphatic heterocycles. The lowest BCUT2D eigenvalue weighted by atomic mass is 10.1. The number of ether oxygens (including phenoxy) is 1. The van der Waals surface area contributed by atoms with Crippen LogP contribution in [0.3, 0.4) is 0 Å². The Balaban J connectivity index is 1.75. The van der Waals surface area contributed by atoms with Crippen molar-refractivity contribution >= 4 is 21.9 Å². The van der Waals surface area contributed by atoms with E-state index in [0.717, 1.165) is 9.87 Å². The van der Waals surface area contributed by atoms with Crippen LogP contribution in [-0.4, -0.2) is 31.2 Å². The summed E-state index contributed by atoms with van der Waals surface area (Å²) >= 11 is 0. The number of hydrogen-bond acceptors (Lipinski definition) is 5. The Morgan fingerprint density at radius 2 is 1.29 bits per heavy atom. The van der Waals surface area contributed by atoms with Crippen LogP contribution in [0.4, 0.5) is 0 Å². The highest BCUT2D eigenvalue weighted by molar-refractivity contribution is 7.89.